The van der Waals surface area contributed by atoms with Gasteiger partial charge in [0.1, 0.15) is 12.4 Å². The molecule has 0 aliphatic rings. The van der Waals surface area contributed by atoms with E-state index < -0.39 is 0 Å². The Bertz CT molecular complexity index is 441. The third-order valence-electron chi connectivity index (χ3n) is 2.81. The minimum absolute atomic E-state index is 0.233. The van der Waals surface area contributed by atoms with E-state index in [1.54, 1.807) is 0 Å². The first-order valence-electron chi connectivity index (χ1n) is 6.36. The predicted octanol–water partition coefficient (Wildman–Crippen LogP) is 3.42. The average Bonchev–Trinajstić information content (AvgIpc) is 2.45. The fraction of sp³-hybridized carbons (Fsp3) is 0.250. The molecule has 2 rings (SSSR count). The molecule has 1 N–H and O–H groups in total. The van der Waals surface area contributed by atoms with Crippen molar-refractivity contribution in [1.29, 1.82) is 0 Å². The number of likely N-dealkylation sites (N-methyl/N-ethyl adjacent to an activating group) is 1. The minimum atomic E-state index is 0.233. The van der Waals surface area contributed by atoms with Crippen molar-refractivity contribution in [2.45, 2.75) is 13.0 Å². The van der Waals surface area contributed by atoms with E-state index in [1.807, 2.05) is 36.4 Å². The Labute approximate surface area is 109 Å². The highest BCUT2D eigenvalue weighted by Crippen LogP contribution is 2.15. The summed E-state index contributed by atoms with van der Waals surface area (Å²) in [6, 6.07) is 20.6. The summed E-state index contributed by atoms with van der Waals surface area (Å²) in [5, 5.41) is 3.44. The topological polar surface area (TPSA) is 21.3 Å². The van der Waals surface area contributed by atoms with Crippen molar-refractivity contribution in [3.05, 3.63) is 66.2 Å². The van der Waals surface area contributed by atoms with Crippen molar-refractivity contribution in [2.75, 3.05) is 13.2 Å². The zero-order valence-corrected chi connectivity index (χ0v) is 10.7. The Kier molecular flexibility index (Phi) is 4.79. The fourth-order valence-corrected chi connectivity index (χ4v) is 1.90. The van der Waals surface area contributed by atoms with Crippen molar-refractivity contribution in [3.63, 3.8) is 0 Å². The van der Waals surface area contributed by atoms with E-state index in [-0.39, 0.29) is 6.04 Å². The van der Waals surface area contributed by atoms with Gasteiger partial charge in [-0.2, -0.15) is 0 Å². The summed E-state index contributed by atoms with van der Waals surface area (Å²) in [5.41, 5.74) is 1.26. The van der Waals surface area contributed by atoms with Crippen LogP contribution >= 0.6 is 0 Å². The third-order valence-corrected chi connectivity index (χ3v) is 2.81. The Hall–Kier alpha value is -1.80. The first-order valence-corrected chi connectivity index (χ1v) is 6.36. The van der Waals surface area contributed by atoms with Crippen LogP contribution in [0.4, 0.5) is 0 Å². The third kappa shape index (κ3) is 3.60. The van der Waals surface area contributed by atoms with E-state index in [1.165, 1.54) is 5.56 Å². The first kappa shape index (κ1) is 12.7. The van der Waals surface area contributed by atoms with E-state index in [0.29, 0.717) is 6.61 Å². The van der Waals surface area contributed by atoms with Gasteiger partial charge in [0.15, 0.2) is 0 Å². The Balaban J connectivity index is 1.99. The molecule has 0 spiro atoms. The molecule has 0 fully saturated rings. The summed E-state index contributed by atoms with van der Waals surface area (Å²) in [6.07, 6.45) is 0. The van der Waals surface area contributed by atoms with Gasteiger partial charge in [-0.05, 0) is 24.2 Å². The van der Waals surface area contributed by atoms with Crippen LogP contribution in [0.15, 0.2) is 60.7 Å². The van der Waals surface area contributed by atoms with Crippen molar-refractivity contribution in [2.24, 2.45) is 0 Å². The van der Waals surface area contributed by atoms with E-state index >= 15 is 0 Å². The van der Waals surface area contributed by atoms with Crippen molar-refractivity contribution in [1.82, 2.24) is 5.32 Å². The Morgan fingerprint density at radius 3 is 2.17 bits per heavy atom. The number of ether oxygens (including phenoxy) is 1. The zero-order chi connectivity index (χ0) is 12.6. The van der Waals surface area contributed by atoms with Crippen LogP contribution in [0.3, 0.4) is 0 Å². The molecule has 0 bridgehead atoms. The van der Waals surface area contributed by atoms with Crippen LogP contribution in [-0.4, -0.2) is 13.2 Å². The van der Waals surface area contributed by atoms with Gasteiger partial charge in [-0.1, -0.05) is 55.5 Å². The second-order valence-electron chi connectivity index (χ2n) is 4.15. The van der Waals surface area contributed by atoms with Gasteiger partial charge in [-0.3, -0.25) is 0 Å². The van der Waals surface area contributed by atoms with Gasteiger partial charge in [0.25, 0.3) is 0 Å². The van der Waals surface area contributed by atoms with E-state index in [9.17, 15) is 0 Å². The van der Waals surface area contributed by atoms with Gasteiger partial charge in [-0.25, -0.2) is 0 Å². The highest BCUT2D eigenvalue weighted by atomic mass is 16.5. The lowest BCUT2D eigenvalue weighted by atomic mass is 10.1. The summed E-state index contributed by atoms with van der Waals surface area (Å²) < 4.78 is 5.81. The molecule has 0 amide bonds. The lowest BCUT2D eigenvalue weighted by Gasteiger charge is -2.19. The number of para-hydroxylation sites is 1. The SMILES string of the molecule is CCNC(COc1ccccc1)c1ccccc1. The molecule has 1 unspecified atom stereocenters. The molecule has 18 heavy (non-hydrogen) atoms. The molecule has 2 nitrogen and oxygen atoms in total. The molecule has 0 heterocycles. The normalized spacial score (nSPS) is 12.1. The standard InChI is InChI=1S/C16H19NO/c1-2-17-16(14-9-5-3-6-10-14)13-18-15-11-7-4-8-12-15/h3-12,16-17H,2,13H2,1H3. The van der Waals surface area contributed by atoms with Crippen molar-refractivity contribution in [3.8, 4) is 5.75 Å². The maximum atomic E-state index is 5.81. The minimum Gasteiger partial charge on any atom is -0.492 e. The monoisotopic (exact) mass is 241 g/mol. The van der Waals surface area contributed by atoms with Crippen LogP contribution < -0.4 is 10.1 Å². The number of rotatable bonds is 6. The number of benzene rings is 2. The van der Waals surface area contributed by atoms with Gasteiger partial charge >= 0.3 is 0 Å². The maximum absolute atomic E-state index is 5.81. The highest BCUT2D eigenvalue weighted by molar-refractivity contribution is 5.22. The van der Waals surface area contributed by atoms with Crippen LogP contribution in [0.1, 0.15) is 18.5 Å². The molecule has 0 aliphatic carbocycles. The molecule has 2 aromatic carbocycles. The molecular formula is C16H19NO. The van der Waals surface area contributed by atoms with E-state index in [2.05, 4.69) is 36.5 Å². The van der Waals surface area contributed by atoms with Crippen molar-refractivity contribution < 1.29 is 4.74 Å². The van der Waals surface area contributed by atoms with Gasteiger partial charge in [-0.15, -0.1) is 0 Å². The number of hydrogen-bond donors (Lipinski definition) is 1. The summed E-state index contributed by atoms with van der Waals surface area (Å²) in [5.74, 6) is 0.913. The zero-order valence-electron chi connectivity index (χ0n) is 10.7. The molecule has 0 saturated heterocycles. The molecule has 0 aliphatic heterocycles. The summed E-state index contributed by atoms with van der Waals surface area (Å²) in [6.45, 7) is 3.68. The second-order valence-corrected chi connectivity index (χ2v) is 4.15. The fourth-order valence-electron chi connectivity index (χ4n) is 1.90. The van der Waals surface area contributed by atoms with Crippen LogP contribution in [0.5, 0.6) is 5.75 Å². The summed E-state index contributed by atoms with van der Waals surface area (Å²) >= 11 is 0. The van der Waals surface area contributed by atoms with Gasteiger partial charge in [0.05, 0.1) is 6.04 Å². The summed E-state index contributed by atoms with van der Waals surface area (Å²) in [7, 11) is 0. The van der Waals surface area contributed by atoms with Gasteiger partial charge in [0.2, 0.25) is 0 Å². The molecule has 0 aromatic heterocycles. The maximum Gasteiger partial charge on any atom is 0.119 e. The average molecular weight is 241 g/mol. The molecular weight excluding hydrogens is 222 g/mol. The van der Waals surface area contributed by atoms with Crippen LogP contribution in [0, 0.1) is 0 Å². The quantitative estimate of drug-likeness (QED) is 0.836. The van der Waals surface area contributed by atoms with Crippen molar-refractivity contribution >= 4 is 0 Å². The van der Waals surface area contributed by atoms with Crippen LogP contribution in [-0.2, 0) is 0 Å². The van der Waals surface area contributed by atoms with E-state index in [0.717, 1.165) is 12.3 Å². The van der Waals surface area contributed by atoms with Crippen LogP contribution in [0.2, 0.25) is 0 Å². The number of nitrogens with one attached hydrogen (secondary N) is 1. The Morgan fingerprint density at radius 1 is 0.944 bits per heavy atom. The van der Waals surface area contributed by atoms with Gasteiger partial charge < -0.3 is 10.1 Å². The molecule has 1 atom stereocenters. The molecule has 94 valence electrons. The first-order chi connectivity index (χ1) is 8.90. The van der Waals surface area contributed by atoms with Gasteiger partial charge in [0, 0.05) is 0 Å². The molecule has 2 aromatic rings. The predicted molar refractivity (Wildman–Crippen MR) is 74.8 cm³/mol. The van der Waals surface area contributed by atoms with Crippen LogP contribution in [0.25, 0.3) is 0 Å². The second kappa shape index (κ2) is 6.82. The Morgan fingerprint density at radius 2 is 1.56 bits per heavy atom. The molecule has 0 saturated carbocycles. The lowest BCUT2D eigenvalue weighted by Crippen LogP contribution is -2.26. The summed E-state index contributed by atoms with van der Waals surface area (Å²) in [4.78, 5) is 0. The number of hydrogen-bond acceptors (Lipinski definition) is 2. The lowest BCUT2D eigenvalue weighted by molar-refractivity contribution is 0.268. The molecule has 0 radical (unpaired) electrons. The highest BCUT2D eigenvalue weighted by Gasteiger charge is 2.10. The largest absolute Gasteiger partial charge is 0.492 e. The smallest absolute Gasteiger partial charge is 0.119 e. The molecule has 2 heteroatoms. The van der Waals surface area contributed by atoms with E-state index in [4.69, 9.17) is 4.74 Å².